The summed E-state index contributed by atoms with van der Waals surface area (Å²) in [5.74, 6) is -7.80. The molecule has 106 valence electrons. The Hall–Kier alpha value is -1.48. The fraction of sp³-hybridized carbons (Fsp3) is 0.750. The number of rotatable bonds is 4. The molecule has 10 heteroatoms. The van der Waals surface area contributed by atoms with Crippen LogP contribution in [0.1, 0.15) is 6.42 Å². The lowest BCUT2D eigenvalue weighted by molar-refractivity contribution is -0.277. The highest BCUT2D eigenvalue weighted by molar-refractivity contribution is 5.80. The Morgan fingerprint density at radius 3 is 1.78 bits per heavy atom. The lowest BCUT2D eigenvalue weighted by Gasteiger charge is -2.26. The van der Waals surface area contributed by atoms with Gasteiger partial charge in [-0.05, 0) is 0 Å². The molecular weight excluding hydrogens is 272 g/mol. The summed E-state index contributed by atoms with van der Waals surface area (Å²) >= 11 is 0. The molecule has 0 aliphatic carbocycles. The summed E-state index contributed by atoms with van der Waals surface area (Å²) in [5.41, 5.74) is 0. The third kappa shape index (κ3) is 4.80. The number of nitrogens with zero attached hydrogens (tertiary/aromatic N) is 1. The molecule has 0 saturated heterocycles. The van der Waals surface area contributed by atoms with E-state index in [1.807, 2.05) is 0 Å². The second-order valence-electron chi connectivity index (χ2n) is 3.42. The fourth-order valence-corrected chi connectivity index (χ4v) is 1.06. The molecule has 1 N–H and O–H groups in total. The predicted molar refractivity (Wildman–Crippen MR) is 45.5 cm³/mol. The molecule has 0 unspecified atom stereocenters. The fourth-order valence-electron chi connectivity index (χ4n) is 1.06. The van der Waals surface area contributed by atoms with Crippen molar-refractivity contribution in [3.05, 3.63) is 0 Å². The van der Waals surface area contributed by atoms with Crippen LogP contribution in [-0.4, -0.2) is 47.8 Å². The predicted octanol–water partition coefficient (Wildman–Crippen LogP) is 1.66. The first-order valence-electron chi connectivity index (χ1n) is 4.47. The van der Waals surface area contributed by atoms with Gasteiger partial charge in [0, 0.05) is 13.6 Å². The van der Waals surface area contributed by atoms with E-state index in [1.54, 1.807) is 0 Å². The Morgan fingerprint density at radius 1 is 1.11 bits per heavy atom. The van der Waals surface area contributed by atoms with E-state index in [-0.39, 0.29) is 4.90 Å². The van der Waals surface area contributed by atoms with Gasteiger partial charge in [0.05, 0.1) is 6.42 Å². The van der Waals surface area contributed by atoms with E-state index in [2.05, 4.69) is 0 Å². The molecule has 0 bridgehead atoms. The van der Waals surface area contributed by atoms with Crippen LogP contribution >= 0.6 is 0 Å². The van der Waals surface area contributed by atoms with Gasteiger partial charge >= 0.3 is 18.3 Å². The maximum atomic E-state index is 12.1. The summed E-state index contributed by atoms with van der Waals surface area (Å²) in [6.07, 6.45) is -12.3. The molecule has 0 aliphatic heterocycles. The largest absolute Gasteiger partial charge is 0.481 e. The summed E-state index contributed by atoms with van der Waals surface area (Å²) in [6.45, 7) is -0.739. The van der Waals surface area contributed by atoms with E-state index in [0.29, 0.717) is 7.05 Å². The molecule has 18 heavy (non-hydrogen) atoms. The van der Waals surface area contributed by atoms with E-state index in [1.165, 1.54) is 0 Å². The van der Waals surface area contributed by atoms with Crippen molar-refractivity contribution in [2.24, 2.45) is 5.92 Å². The van der Waals surface area contributed by atoms with Crippen LogP contribution in [0.5, 0.6) is 0 Å². The average Bonchev–Trinajstić information content (AvgIpc) is 2.08. The van der Waals surface area contributed by atoms with Crippen molar-refractivity contribution >= 4 is 11.9 Å². The van der Waals surface area contributed by atoms with Crippen molar-refractivity contribution in [2.45, 2.75) is 18.8 Å². The number of aliphatic carboxylic acids is 1. The standard InChI is InChI=1S/C8H9F6NO3/c1-15(3-2-4(16)17)6(18)5(7(9,10)11)8(12,13)14/h5H,2-3H2,1H3,(H,16,17). The van der Waals surface area contributed by atoms with Gasteiger partial charge in [-0.25, -0.2) is 0 Å². The molecule has 0 spiro atoms. The van der Waals surface area contributed by atoms with Crippen molar-refractivity contribution in [3.63, 3.8) is 0 Å². The highest BCUT2D eigenvalue weighted by Gasteiger charge is 2.61. The summed E-state index contributed by atoms with van der Waals surface area (Å²) in [7, 11) is 0.676. The first-order chi connectivity index (χ1) is 7.87. The first kappa shape index (κ1) is 16.5. The van der Waals surface area contributed by atoms with E-state index in [0.717, 1.165) is 0 Å². The van der Waals surface area contributed by atoms with Crippen LogP contribution in [0.4, 0.5) is 26.3 Å². The first-order valence-corrected chi connectivity index (χ1v) is 4.47. The smallest absolute Gasteiger partial charge is 0.409 e. The Balaban J connectivity index is 4.94. The maximum absolute atomic E-state index is 12.1. The number of halogens is 6. The van der Waals surface area contributed by atoms with Crippen LogP contribution in [-0.2, 0) is 9.59 Å². The van der Waals surface area contributed by atoms with Crippen LogP contribution in [0.15, 0.2) is 0 Å². The zero-order chi connectivity index (χ0) is 14.7. The Labute approximate surface area is 97.2 Å². The van der Waals surface area contributed by atoms with E-state index in [4.69, 9.17) is 5.11 Å². The number of carbonyl (C=O) groups excluding carboxylic acids is 1. The Bertz CT molecular complexity index is 310. The number of carbonyl (C=O) groups is 2. The lowest BCUT2D eigenvalue weighted by Crippen LogP contribution is -2.48. The zero-order valence-corrected chi connectivity index (χ0v) is 8.97. The lowest BCUT2D eigenvalue weighted by atomic mass is 10.1. The summed E-state index contributed by atoms with van der Waals surface area (Å²) in [4.78, 5) is 21.2. The van der Waals surface area contributed by atoms with Gasteiger partial charge in [0.15, 0.2) is 0 Å². The maximum Gasteiger partial charge on any atom is 0.409 e. The third-order valence-electron chi connectivity index (χ3n) is 1.94. The van der Waals surface area contributed by atoms with E-state index >= 15 is 0 Å². The SMILES string of the molecule is CN(CCC(=O)O)C(=O)C(C(F)(F)F)C(F)(F)F. The molecule has 0 aromatic rings. The normalized spacial score (nSPS) is 12.7. The molecule has 1 amide bonds. The second-order valence-corrected chi connectivity index (χ2v) is 3.42. The summed E-state index contributed by atoms with van der Waals surface area (Å²) in [5, 5.41) is 8.22. The van der Waals surface area contributed by atoms with Crippen LogP contribution in [0.2, 0.25) is 0 Å². The molecule has 0 aliphatic rings. The van der Waals surface area contributed by atoms with Crippen LogP contribution in [0.25, 0.3) is 0 Å². The van der Waals surface area contributed by atoms with Gasteiger partial charge in [-0.1, -0.05) is 0 Å². The minimum absolute atomic E-state index is 0.0970. The van der Waals surface area contributed by atoms with Gasteiger partial charge in [-0.15, -0.1) is 0 Å². The quantitative estimate of drug-likeness (QED) is 0.797. The van der Waals surface area contributed by atoms with Crippen LogP contribution in [0, 0.1) is 5.92 Å². The van der Waals surface area contributed by atoms with Crippen molar-refractivity contribution < 1.29 is 41.0 Å². The van der Waals surface area contributed by atoms with Crippen LogP contribution < -0.4 is 0 Å². The summed E-state index contributed by atoms with van der Waals surface area (Å²) in [6, 6.07) is 0. The molecule has 0 atom stereocenters. The van der Waals surface area contributed by atoms with Gasteiger partial charge in [0.25, 0.3) is 0 Å². The number of amides is 1. The van der Waals surface area contributed by atoms with Gasteiger partial charge in [0.2, 0.25) is 11.8 Å². The molecule has 0 saturated carbocycles. The summed E-state index contributed by atoms with van der Waals surface area (Å²) < 4.78 is 72.9. The Morgan fingerprint density at radius 2 is 1.50 bits per heavy atom. The monoisotopic (exact) mass is 281 g/mol. The number of alkyl halides is 6. The average molecular weight is 281 g/mol. The van der Waals surface area contributed by atoms with Crippen molar-refractivity contribution in [1.82, 2.24) is 4.90 Å². The highest BCUT2D eigenvalue weighted by atomic mass is 19.4. The number of carboxylic acid groups (broad SMARTS) is 1. The number of hydrogen-bond acceptors (Lipinski definition) is 2. The van der Waals surface area contributed by atoms with Crippen LogP contribution in [0.3, 0.4) is 0 Å². The molecule has 0 radical (unpaired) electrons. The zero-order valence-electron chi connectivity index (χ0n) is 8.97. The van der Waals surface area contributed by atoms with Gasteiger partial charge in [-0.2, -0.15) is 26.3 Å². The van der Waals surface area contributed by atoms with Crippen molar-refractivity contribution in [3.8, 4) is 0 Å². The molecule has 0 aromatic carbocycles. The highest BCUT2D eigenvalue weighted by Crippen LogP contribution is 2.40. The van der Waals surface area contributed by atoms with Gasteiger partial charge in [0.1, 0.15) is 0 Å². The molecule has 0 fully saturated rings. The van der Waals surface area contributed by atoms with Crippen molar-refractivity contribution in [1.29, 1.82) is 0 Å². The minimum atomic E-state index is -5.77. The van der Waals surface area contributed by atoms with Gasteiger partial charge in [-0.3, -0.25) is 9.59 Å². The number of hydrogen-bond donors (Lipinski definition) is 1. The molecule has 0 aromatic heterocycles. The second kappa shape index (κ2) is 5.44. The molecular formula is C8H9F6NO3. The minimum Gasteiger partial charge on any atom is -0.481 e. The van der Waals surface area contributed by atoms with Crippen molar-refractivity contribution in [2.75, 3.05) is 13.6 Å². The molecule has 0 rings (SSSR count). The third-order valence-corrected chi connectivity index (χ3v) is 1.94. The van der Waals surface area contributed by atoms with E-state index < -0.39 is 43.1 Å². The molecule has 0 heterocycles. The van der Waals surface area contributed by atoms with E-state index in [9.17, 15) is 35.9 Å². The number of carboxylic acids is 1. The molecule has 4 nitrogen and oxygen atoms in total. The van der Waals surface area contributed by atoms with Gasteiger partial charge < -0.3 is 10.0 Å². The Kier molecular flexibility index (Phi) is 4.99. The topological polar surface area (TPSA) is 57.6 Å².